The molecule has 19 heavy (non-hydrogen) atoms. The maximum absolute atomic E-state index is 5.34. The molecular weight excluding hydrogens is 306 g/mol. The van der Waals surface area contributed by atoms with Gasteiger partial charge in [0.15, 0.2) is 5.82 Å². The van der Waals surface area contributed by atoms with Gasteiger partial charge < -0.3 is 4.74 Å². The van der Waals surface area contributed by atoms with Crippen LogP contribution in [0.15, 0.2) is 47.2 Å². The minimum absolute atomic E-state index is 0.566. The van der Waals surface area contributed by atoms with Gasteiger partial charge in [-0.1, -0.05) is 15.9 Å². The Labute approximate surface area is 118 Å². The first-order chi connectivity index (χ1) is 9.28. The molecule has 3 rings (SSSR count). The molecule has 0 fully saturated rings. The molecule has 94 valence electrons. The molecule has 0 atom stereocenters. The van der Waals surface area contributed by atoms with Crippen molar-refractivity contribution in [1.82, 2.24) is 15.0 Å². The molecular formula is C14H10BrN3O. The Morgan fingerprint density at radius 3 is 2.79 bits per heavy atom. The van der Waals surface area contributed by atoms with Crippen LogP contribution < -0.4 is 4.74 Å². The van der Waals surface area contributed by atoms with Gasteiger partial charge in [0.2, 0.25) is 5.88 Å². The Morgan fingerprint density at radius 1 is 1.16 bits per heavy atom. The highest BCUT2D eigenvalue weighted by molar-refractivity contribution is 9.10. The number of ether oxygens (including phenoxy) is 1. The predicted octanol–water partition coefficient (Wildman–Crippen LogP) is 3.46. The molecule has 5 heteroatoms. The Morgan fingerprint density at radius 2 is 2.05 bits per heavy atom. The smallest absolute Gasteiger partial charge is 0.224 e. The molecule has 2 aromatic heterocycles. The number of aromatic nitrogens is 3. The van der Waals surface area contributed by atoms with Crippen LogP contribution in [0, 0.1) is 0 Å². The summed E-state index contributed by atoms with van der Waals surface area (Å²) in [7, 11) is 1.61. The van der Waals surface area contributed by atoms with Crippen molar-refractivity contribution in [3.8, 4) is 17.3 Å². The zero-order valence-electron chi connectivity index (χ0n) is 10.2. The molecule has 0 saturated heterocycles. The van der Waals surface area contributed by atoms with E-state index in [0.717, 1.165) is 20.9 Å². The molecule has 0 unspecified atom stereocenters. The standard InChI is InChI=1S/C14H10BrN3O/c1-19-14-11-5-4-10(15)7-12(11)17-13(18-14)9-3-2-6-16-8-9/h2-8H,1H3. The van der Waals surface area contributed by atoms with E-state index in [1.807, 2.05) is 30.3 Å². The van der Waals surface area contributed by atoms with Gasteiger partial charge in [-0.15, -0.1) is 0 Å². The normalized spacial score (nSPS) is 10.6. The number of hydrogen-bond donors (Lipinski definition) is 0. The summed E-state index contributed by atoms with van der Waals surface area (Å²) in [5.74, 6) is 1.17. The quantitative estimate of drug-likeness (QED) is 0.726. The van der Waals surface area contributed by atoms with E-state index in [0.29, 0.717) is 11.7 Å². The molecule has 0 radical (unpaired) electrons. The van der Waals surface area contributed by atoms with E-state index in [2.05, 4.69) is 30.9 Å². The lowest BCUT2D eigenvalue weighted by Crippen LogP contribution is -1.96. The molecule has 0 bridgehead atoms. The summed E-state index contributed by atoms with van der Waals surface area (Å²) in [5.41, 5.74) is 1.70. The first-order valence-corrected chi connectivity index (χ1v) is 6.49. The van der Waals surface area contributed by atoms with Gasteiger partial charge in [0.05, 0.1) is 18.0 Å². The number of benzene rings is 1. The zero-order chi connectivity index (χ0) is 13.2. The van der Waals surface area contributed by atoms with Gasteiger partial charge in [-0.3, -0.25) is 4.98 Å². The number of fused-ring (bicyclic) bond motifs is 1. The minimum Gasteiger partial charge on any atom is -0.480 e. The summed E-state index contributed by atoms with van der Waals surface area (Å²) in [6, 6.07) is 9.60. The van der Waals surface area contributed by atoms with Crippen LogP contribution in [0.2, 0.25) is 0 Å². The van der Waals surface area contributed by atoms with E-state index in [-0.39, 0.29) is 0 Å². The fourth-order valence-corrected chi connectivity index (χ4v) is 2.20. The lowest BCUT2D eigenvalue weighted by Gasteiger charge is -2.07. The fourth-order valence-electron chi connectivity index (χ4n) is 1.85. The third-order valence-electron chi connectivity index (χ3n) is 2.74. The maximum atomic E-state index is 5.34. The third kappa shape index (κ3) is 2.29. The zero-order valence-corrected chi connectivity index (χ0v) is 11.8. The Hall–Kier alpha value is -2.01. The second-order valence-corrected chi connectivity index (χ2v) is 4.88. The van der Waals surface area contributed by atoms with Crippen LogP contribution in [-0.2, 0) is 0 Å². The topological polar surface area (TPSA) is 47.9 Å². The van der Waals surface area contributed by atoms with E-state index >= 15 is 0 Å². The number of nitrogens with zero attached hydrogens (tertiary/aromatic N) is 3. The Balaban J connectivity index is 2.27. The fraction of sp³-hybridized carbons (Fsp3) is 0.0714. The highest BCUT2D eigenvalue weighted by atomic mass is 79.9. The van der Waals surface area contributed by atoms with Gasteiger partial charge in [0.25, 0.3) is 0 Å². The summed E-state index contributed by atoms with van der Waals surface area (Å²) < 4.78 is 6.31. The summed E-state index contributed by atoms with van der Waals surface area (Å²) >= 11 is 3.45. The SMILES string of the molecule is COc1nc(-c2cccnc2)nc2cc(Br)ccc12. The molecule has 0 aliphatic heterocycles. The van der Waals surface area contributed by atoms with Gasteiger partial charge in [-0.2, -0.15) is 4.98 Å². The van der Waals surface area contributed by atoms with Crippen LogP contribution in [0.4, 0.5) is 0 Å². The number of pyridine rings is 1. The summed E-state index contributed by atoms with van der Waals surface area (Å²) in [4.78, 5) is 13.1. The van der Waals surface area contributed by atoms with Crippen molar-refractivity contribution in [2.75, 3.05) is 7.11 Å². The van der Waals surface area contributed by atoms with Crippen molar-refractivity contribution in [1.29, 1.82) is 0 Å². The number of rotatable bonds is 2. The van der Waals surface area contributed by atoms with Crippen molar-refractivity contribution >= 4 is 26.8 Å². The van der Waals surface area contributed by atoms with Crippen LogP contribution in [0.5, 0.6) is 5.88 Å². The first-order valence-electron chi connectivity index (χ1n) is 5.69. The van der Waals surface area contributed by atoms with Gasteiger partial charge in [-0.05, 0) is 30.3 Å². The summed E-state index contributed by atoms with van der Waals surface area (Å²) in [6.45, 7) is 0. The Kier molecular flexibility index (Phi) is 3.13. The second kappa shape index (κ2) is 4.93. The van der Waals surface area contributed by atoms with E-state index in [1.54, 1.807) is 19.5 Å². The lowest BCUT2D eigenvalue weighted by molar-refractivity contribution is 0.403. The van der Waals surface area contributed by atoms with E-state index in [9.17, 15) is 0 Å². The van der Waals surface area contributed by atoms with Crippen LogP contribution in [0.3, 0.4) is 0 Å². The highest BCUT2D eigenvalue weighted by Crippen LogP contribution is 2.27. The molecule has 3 aromatic rings. The van der Waals surface area contributed by atoms with Crippen LogP contribution in [0.25, 0.3) is 22.3 Å². The number of hydrogen-bond acceptors (Lipinski definition) is 4. The average molecular weight is 316 g/mol. The van der Waals surface area contributed by atoms with Crippen molar-refractivity contribution in [3.63, 3.8) is 0 Å². The van der Waals surface area contributed by atoms with Crippen molar-refractivity contribution in [2.24, 2.45) is 0 Å². The highest BCUT2D eigenvalue weighted by Gasteiger charge is 2.10. The largest absolute Gasteiger partial charge is 0.480 e. The van der Waals surface area contributed by atoms with Crippen LogP contribution in [0.1, 0.15) is 0 Å². The van der Waals surface area contributed by atoms with Crippen molar-refractivity contribution in [3.05, 3.63) is 47.2 Å². The van der Waals surface area contributed by atoms with Gasteiger partial charge in [0.1, 0.15) is 0 Å². The van der Waals surface area contributed by atoms with E-state index in [4.69, 9.17) is 4.74 Å². The third-order valence-corrected chi connectivity index (χ3v) is 3.23. The number of halogens is 1. The summed E-state index contributed by atoms with van der Waals surface area (Å²) in [5, 5.41) is 0.887. The lowest BCUT2D eigenvalue weighted by atomic mass is 10.2. The first kappa shape index (κ1) is 12.0. The molecule has 0 amide bonds. The molecule has 0 spiro atoms. The van der Waals surface area contributed by atoms with Crippen molar-refractivity contribution < 1.29 is 4.74 Å². The molecule has 2 heterocycles. The van der Waals surface area contributed by atoms with E-state index in [1.165, 1.54) is 0 Å². The summed E-state index contributed by atoms with van der Waals surface area (Å²) in [6.07, 6.45) is 3.46. The van der Waals surface area contributed by atoms with Gasteiger partial charge in [0, 0.05) is 22.4 Å². The molecule has 0 saturated carbocycles. The van der Waals surface area contributed by atoms with Crippen molar-refractivity contribution in [2.45, 2.75) is 0 Å². The Bertz CT molecular complexity index is 731. The van der Waals surface area contributed by atoms with E-state index < -0.39 is 0 Å². The molecule has 4 nitrogen and oxygen atoms in total. The average Bonchev–Trinajstić information content (AvgIpc) is 2.46. The second-order valence-electron chi connectivity index (χ2n) is 3.96. The molecule has 1 aromatic carbocycles. The number of methoxy groups -OCH3 is 1. The predicted molar refractivity (Wildman–Crippen MR) is 77.0 cm³/mol. The maximum Gasteiger partial charge on any atom is 0.224 e. The van der Waals surface area contributed by atoms with Crippen LogP contribution >= 0.6 is 15.9 Å². The monoisotopic (exact) mass is 315 g/mol. The van der Waals surface area contributed by atoms with Crippen LogP contribution in [-0.4, -0.2) is 22.1 Å². The molecule has 0 aliphatic carbocycles. The van der Waals surface area contributed by atoms with Gasteiger partial charge in [-0.25, -0.2) is 4.98 Å². The van der Waals surface area contributed by atoms with Gasteiger partial charge >= 0.3 is 0 Å². The molecule has 0 N–H and O–H groups in total. The minimum atomic E-state index is 0.566. The molecule has 0 aliphatic rings.